The Labute approximate surface area is 148 Å². The van der Waals surface area contributed by atoms with Crippen molar-refractivity contribution in [3.63, 3.8) is 0 Å². The number of nitrogens with zero attached hydrogens (tertiary/aromatic N) is 1. The zero-order valence-corrected chi connectivity index (χ0v) is 15.9. The van der Waals surface area contributed by atoms with Gasteiger partial charge in [-0.3, -0.25) is 0 Å². The third-order valence-corrected chi connectivity index (χ3v) is 6.69. The molecule has 2 heterocycles. The van der Waals surface area contributed by atoms with Gasteiger partial charge in [-0.15, -0.1) is 0 Å². The summed E-state index contributed by atoms with van der Waals surface area (Å²) < 4.78 is 53.9. The molecule has 0 saturated carbocycles. The zero-order chi connectivity index (χ0) is 18.1. The van der Waals surface area contributed by atoms with Gasteiger partial charge >= 0.3 is 0 Å². The lowest BCUT2D eigenvalue weighted by Crippen LogP contribution is -2.24. The van der Waals surface area contributed by atoms with E-state index in [1.54, 1.807) is 6.07 Å². The average Bonchev–Trinajstić information content (AvgIpc) is 2.47. The molecule has 0 radical (unpaired) electrons. The molecule has 2 rings (SSSR count). The van der Waals surface area contributed by atoms with Crippen LogP contribution in [0.4, 0.5) is 0 Å². The molecule has 0 spiro atoms. The summed E-state index contributed by atoms with van der Waals surface area (Å²) in [6.45, 7) is 2.62. The summed E-state index contributed by atoms with van der Waals surface area (Å²) >= 11 is 0. The van der Waals surface area contributed by atoms with Gasteiger partial charge in [0.05, 0.1) is 17.6 Å². The molecule has 2 aliphatic heterocycles. The normalized spacial score (nSPS) is 20.7. The Morgan fingerprint density at radius 3 is 1.67 bits per heavy atom. The minimum absolute atomic E-state index is 0.0952. The van der Waals surface area contributed by atoms with Crippen LogP contribution in [0.3, 0.4) is 0 Å². The second kappa shape index (κ2) is 10.6. The van der Waals surface area contributed by atoms with E-state index < -0.39 is 18.9 Å². The van der Waals surface area contributed by atoms with Crippen LogP contribution in [0.25, 0.3) is 0 Å². The number of hydrogen-bond acceptors (Lipinski definition) is 7. The summed E-state index contributed by atoms with van der Waals surface area (Å²) in [6, 6.07) is 1.68. The van der Waals surface area contributed by atoms with Gasteiger partial charge in [0.2, 0.25) is 9.05 Å². The maximum Gasteiger partial charge on any atom is 0.232 e. The van der Waals surface area contributed by atoms with Crippen molar-refractivity contribution in [1.82, 2.24) is 0 Å². The SMILES string of the molecule is N#CCS(=O)(=O)CC1CCOCC1.O=S(=O)(Cl)CC1CCOCC1. The zero-order valence-electron chi connectivity index (χ0n) is 13.5. The Morgan fingerprint density at radius 2 is 1.29 bits per heavy atom. The smallest absolute Gasteiger partial charge is 0.232 e. The standard InChI is InChI=1S/C8H13NO3S.C6H11ClO3S/c9-3-6-13(10,11)7-8-1-4-12-5-2-8;7-11(8,9)5-6-1-3-10-4-2-6/h8H,1-2,4-7H2;6H,1-5H2. The monoisotopic (exact) mass is 401 g/mol. The van der Waals surface area contributed by atoms with E-state index in [9.17, 15) is 16.8 Å². The molecule has 2 fully saturated rings. The lowest BCUT2D eigenvalue weighted by Gasteiger charge is -2.20. The largest absolute Gasteiger partial charge is 0.381 e. The fraction of sp³-hybridized carbons (Fsp3) is 0.929. The van der Waals surface area contributed by atoms with E-state index in [1.807, 2.05) is 0 Å². The summed E-state index contributed by atoms with van der Waals surface area (Å²) in [5.74, 6) is 0.269. The molecule has 2 saturated heterocycles. The van der Waals surface area contributed by atoms with E-state index in [4.69, 9.17) is 25.4 Å². The van der Waals surface area contributed by atoms with Crippen molar-refractivity contribution in [2.75, 3.05) is 43.7 Å². The second-order valence-corrected chi connectivity index (χ2v) is 11.0. The van der Waals surface area contributed by atoms with Crippen molar-refractivity contribution >= 4 is 29.6 Å². The summed E-state index contributed by atoms with van der Waals surface area (Å²) in [4.78, 5) is 0. The van der Waals surface area contributed by atoms with E-state index >= 15 is 0 Å². The first-order chi connectivity index (χ1) is 11.2. The van der Waals surface area contributed by atoms with Crippen LogP contribution in [0.15, 0.2) is 0 Å². The molecule has 10 heteroatoms. The second-order valence-electron chi connectivity index (χ2n) is 6.03. The molecule has 140 valence electrons. The van der Waals surface area contributed by atoms with E-state index in [1.165, 1.54) is 0 Å². The van der Waals surface area contributed by atoms with Crippen molar-refractivity contribution in [3.05, 3.63) is 0 Å². The summed E-state index contributed by atoms with van der Waals surface area (Å²) in [5.41, 5.74) is 0. The molecule has 0 bridgehead atoms. The maximum absolute atomic E-state index is 11.2. The van der Waals surface area contributed by atoms with Crippen LogP contribution in [-0.2, 0) is 28.4 Å². The molecule has 0 aromatic heterocycles. The summed E-state index contributed by atoms with van der Waals surface area (Å²) in [7, 11) is -1.36. The molecule has 2 aliphatic rings. The van der Waals surface area contributed by atoms with Crippen LogP contribution < -0.4 is 0 Å². The van der Waals surface area contributed by atoms with Gasteiger partial charge in [0.25, 0.3) is 0 Å². The van der Waals surface area contributed by atoms with Crippen molar-refractivity contribution < 1.29 is 26.3 Å². The van der Waals surface area contributed by atoms with E-state index in [0.717, 1.165) is 25.7 Å². The lowest BCUT2D eigenvalue weighted by atomic mass is 10.0. The first-order valence-corrected chi connectivity index (χ1v) is 12.2. The number of hydrogen-bond donors (Lipinski definition) is 0. The Morgan fingerprint density at radius 1 is 0.875 bits per heavy atom. The van der Waals surface area contributed by atoms with E-state index in [0.29, 0.717) is 26.4 Å². The fourth-order valence-electron chi connectivity index (χ4n) is 2.62. The number of halogens is 1. The quantitative estimate of drug-likeness (QED) is 0.639. The van der Waals surface area contributed by atoms with Crippen molar-refractivity contribution in [3.8, 4) is 6.07 Å². The highest BCUT2D eigenvalue weighted by Crippen LogP contribution is 2.18. The average molecular weight is 402 g/mol. The predicted molar refractivity (Wildman–Crippen MR) is 91.0 cm³/mol. The van der Waals surface area contributed by atoms with E-state index in [2.05, 4.69) is 0 Å². The van der Waals surface area contributed by atoms with Crippen LogP contribution in [0.2, 0.25) is 0 Å². The Kier molecular flexibility index (Phi) is 9.52. The molecule has 0 aliphatic carbocycles. The number of sulfone groups is 1. The number of ether oxygens (including phenoxy) is 2. The van der Waals surface area contributed by atoms with Crippen molar-refractivity contribution in [1.29, 1.82) is 5.26 Å². The highest BCUT2D eigenvalue weighted by molar-refractivity contribution is 8.13. The molecule has 0 aromatic carbocycles. The predicted octanol–water partition coefficient (Wildman–Crippen LogP) is 1.33. The third-order valence-electron chi connectivity index (χ3n) is 3.89. The van der Waals surface area contributed by atoms with Crippen LogP contribution in [-0.4, -0.2) is 60.5 Å². The van der Waals surface area contributed by atoms with Gasteiger partial charge in [-0.25, -0.2) is 16.8 Å². The van der Waals surface area contributed by atoms with Crippen molar-refractivity contribution in [2.24, 2.45) is 11.8 Å². The Balaban J connectivity index is 0.000000243. The molecule has 0 atom stereocenters. The highest BCUT2D eigenvalue weighted by Gasteiger charge is 2.21. The lowest BCUT2D eigenvalue weighted by molar-refractivity contribution is 0.0722. The molecule has 0 aromatic rings. The molecular formula is C14H24ClNO6S2. The van der Waals surface area contributed by atoms with Crippen LogP contribution in [0, 0.1) is 23.2 Å². The van der Waals surface area contributed by atoms with Gasteiger partial charge in [0, 0.05) is 37.1 Å². The summed E-state index contributed by atoms with van der Waals surface area (Å²) in [5, 5.41) is 8.28. The topological polar surface area (TPSA) is 111 Å². The number of rotatable bonds is 5. The maximum atomic E-state index is 11.2. The molecule has 0 amide bonds. The highest BCUT2D eigenvalue weighted by atomic mass is 35.7. The molecule has 7 nitrogen and oxygen atoms in total. The van der Waals surface area contributed by atoms with Crippen molar-refractivity contribution in [2.45, 2.75) is 25.7 Å². The van der Waals surface area contributed by atoms with Gasteiger partial charge in [0.1, 0.15) is 5.75 Å². The van der Waals surface area contributed by atoms with Gasteiger partial charge in [-0.05, 0) is 37.5 Å². The molecule has 0 unspecified atom stereocenters. The van der Waals surface area contributed by atoms with Gasteiger partial charge in [0.15, 0.2) is 9.84 Å². The van der Waals surface area contributed by atoms with Gasteiger partial charge in [-0.2, -0.15) is 5.26 Å². The molecule has 0 N–H and O–H groups in total. The van der Waals surface area contributed by atoms with Crippen LogP contribution in [0.5, 0.6) is 0 Å². The minimum atomic E-state index is -3.31. The third kappa shape index (κ3) is 10.5. The van der Waals surface area contributed by atoms with Gasteiger partial charge in [-0.1, -0.05) is 0 Å². The van der Waals surface area contributed by atoms with E-state index in [-0.39, 0.29) is 29.1 Å². The Hall–Kier alpha value is -0.400. The number of nitriles is 1. The summed E-state index contributed by atoms with van der Waals surface area (Å²) in [6.07, 6.45) is 3.22. The molecular weight excluding hydrogens is 378 g/mol. The molecule has 24 heavy (non-hydrogen) atoms. The first kappa shape index (κ1) is 21.6. The fourth-order valence-corrected chi connectivity index (χ4v) is 5.42. The first-order valence-electron chi connectivity index (χ1n) is 7.87. The van der Waals surface area contributed by atoms with Crippen LogP contribution >= 0.6 is 10.7 Å². The van der Waals surface area contributed by atoms with Gasteiger partial charge < -0.3 is 9.47 Å². The van der Waals surface area contributed by atoms with Crippen LogP contribution in [0.1, 0.15) is 25.7 Å². The minimum Gasteiger partial charge on any atom is -0.381 e. The Bertz CT molecular complexity index is 602.